The Kier molecular flexibility index (Phi) is 7.37. The first-order valence-electron chi connectivity index (χ1n) is 12.1. The average Bonchev–Trinajstić information content (AvgIpc) is 3.23. The van der Waals surface area contributed by atoms with E-state index in [-0.39, 0.29) is 23.9 Å². The number of halogens is 1. The van der Waals surface area contributed by atoms with Crippen LogP contribution in [0.15, 0.2) is 64.5 Å². The first-order chi connectivity index (χ1) is 16.9. The van der Waals surface area contributed by atoms with Gasteiger partial charge in [-0.15, -0.1) is 11.3 Å². The number of thiophene rings is 1. The summed E-state index contributed by atoms with van der Waals surface area (Å²) >= 11 is 9.65. The Hall–Kier alpha value is -2.09. The van der Waals surface area contributed by atoms with Crippen LogP contribution in [0.4, 0.5) is 0 Å². The molecule has 3 heterocycles. The monoisotopic (exact) mass is 568 g/mol. The fourth-order valence-electron chi connectivity index (χ4n) is 5.38. The number of nitrogens with one attached hydrogen (secondary N) is 1. The quantitative estimate of drug-likeness (QED) is 0.360. The van der Waals surface area contributed by atoms with Crippen molar-refractivity contribution in [3.8, 4) is 11.1 Å². The normalized spacial score (nSPS) is 22.7. The zero-order valence-electron chi connectivity index (χ0n) is 19.6. The van der Waals surface area contributed by atoms with Gasteiger partial charge < -0.3 is 10.2 Å². The maximum absolute atomic E-state index is 13.8. The average molecular weight is 570 g/mol. The van der Waals surface area contributed by atoms with Crippen LogP contribution in [0.25, 0.3) is 11.1 Å². The van der Waals surface area contributed by atoms with Gasteiger partial charge in [-0.25, -0.2) is 0 Å². The van der Waals surface area contributed by atoms with Crippen molar-refractivity contribution in [2.24, 2.45) is 0 Å². The van der Waals surface area contributed by atoms with Gasteiger partial charge in [0.1, 0.15) is 6.04 Å². The van der Waals surface area contributed by atoms with Gasteiger partial charge in [0, 0.05) is 23.8 Å². The van der Waals surface area contributed by atoms with E-state index in [9.17, 15) is 9.59 Å². The molecule has 5 rings (SSSR count). The lowest BCUT2D eigenvalue weighted by Crippen LogP contribution is -2.54. The van der Waals surface area contributed by atoms with E-state index in [0.29, 0.717) is 12.8 Å². The van der Waals surface area contributed by atoms with E-state index in [2.05, 4.69) is 71.1 Å². The molecule has 4 nitrogen and oxygen atoms in total. The van der Waals surface area contributed by atoms with Crippen LogP contribution in [0.1, 0.15) is 48.2 Å². The second-order valence-corrected chi connectivity index (χ2v) is 12.7. The highest BCUT2D eigenvalue weighted by molar-refractivity contribution is 9.11. The molecule has 4 atom stereocenters. The van der Waals surface area contributed by atoms with Crippen LogP contribution >= 0.6 is 39.9 Å². The Morgan fingerprint density at radius 3 is 2.69 bits per heavy atom. The number of thiol groups is 1. The van der Waals surface area contributed by atoms with Crippen molar-refractivity contribution in [2.45, 2.75) is 62.4 Å². The molecule has 1 aromatic heterocycles. The number of piperidine rings is 1. The van der Waals surface area contributed by atoms with E-state index in [1.54, 1.807) is 11.3 Å². The van der Waals surface area contributed by atoms with Crippen molar-refractivity contribution in [3.05, 3.63) is 80.5 Å². The highest BCUT2D eigenvalue weighted by Crippen LogP contribution is 2.40. The maximum Gasteiger partial charge on any atom is 0.246 e. The molecular formula is C28H29BrN2O2S2. The summed E-state index contributed by atoms with van der Waals surface area (Å²) in [5.41, 5.74) is 4.69. The number of fused-ring (bicyclic) bond motifs is 3. The van der Waals surface area contributed by atoms with Gasteiger partial charge in [0.2, 0.25) is 11.8 Å². The molecule has 7 heteroatoms. The fraction of sp³-hybridized carbons (Fsp3) is 0.357. The minimum absolute atomic E-state index is 0.0208. The Labute approximate surface area is 224 Å². The molecule has 0 unspecified atom stereocenters. The van der Waals surface area contributed by atoms with E-state index in [1.165, 1.54) is 11.1 Å². The second kappa shape index (κ2) is 10.5. The Bertz CT molecular complexity index is 1230. The summed E-state index contributed by atoms with van der Waals surface area (Å²) in [6.07, 6.45) is 4.06. The summed E-state index contributed by atoms with van der Waals surface area (Å²) in [6, 6.07) is 20.5. The number of hydrogen-bond donors (Lipinski definition) is 2. The minimum Gasteiger partial charge on any atom is -0.343 e. The fourth-order valence-corrected chi connectivity index (χ4v) is 7.31. The van der Waals surface area contributed by atoms with Crippen molar-refractivity contribution < 1.29 is 9.59 Å². The predicted octanol–water partition coefficient (Wildman–Crippen LogP) is 6.20. The maximum atomic E-state index is 13.8. The summed E-state index contributed by atoms with van der Waals surface area (Å²) in [6.45, 7) is 2.13. The van der Waals surface area contributed by atoms with E-state index < -0.39 is 11.3 Å². The summed E-state index contributed by atoms with van der Waals surface area (Å²) in [5.74, 6) is -0.172. The molecule has 35 heavy (non-hydrogen) atoms. The Balaban J connectivity index is 1.43. The van der Waals surface area contributed by atoms with E-state index in [0.717, 1.165) is 39.1 Å². The number of benzene rings is 2. The topological polar surface area (TPSA) is 49.4 Å². The van der Waals surface area contributed by atoms with Gasteiger partial charge in [-0.1, -0.05) is 42.5 Å². The highest BCUT2D eigenvalue weighted by Gasteiger charge is 2.41. The van der Waals surface area contributed by atoms with Crippen LogP contribution in [0, 0.1) is 0 Å². The molecule has 2 amide bonds. The molecule has 1 fully saturated rings. The highest BCUT2D eigenvalue weighted by atomic mass is 79.9. The second-order valence-electron chi connectivity index (χ2n) is 9.51. The number of nitrogens with zero attached hydrogens (tertiary/aromatic N) is 1. The molecule has 1 N–H and O–H groups in total. The van der Waals surface area contributed by atoms with Crippen molar-refractivity contribution >= 4 is 51.7 Å². The smallest absolute Gasteiger partial charge is 0.246 e. The number of carbonyl (C=O) groups is 2. The lowest BCUT2D eigenvalue weighted by molar-refractivity contribution is -0.141. The van der Waals surface area contributed by atoms with Crippen LogP contribution < -0.4 is 5.32 Å². The first kappa shape index (κ1) is 24.6. The third-order valence-corrected chi connectivity index (χ3v) is 9.20. The largest absolute Gasteiger partial charge is 0.343 e. The lowest BCUT2D eigenvalue weighted by atomic mass is 9.88. The van der Waals surface area contributed by atoms with Gasteiger partial charge >= 0.3 is 0 Å². The molecule has 2 aliphatic rings. The lowest BCUT2D eigenvalue weighted by Gasteiger charge is -2.41. The van der Waals surface area contributed by atoms with Crippen LogP contribution in [0.2, 0.25) is 0 Å². The van der Waals surface area contributed by atoms with E-state index in [1.807, 2.05) is 35.2 Å². The third kappa shape index (κ3) is 5.23. The molecule has 0 aliphatic carbocycles. The van der Waals surface area contributed by atoms with E-state index >= 15 is 0 Å². The Morgan fingerprint density at radius 1 is 1.14 bits per heavy atom. The summed E-state index contributed by atoms with van der Waals surface area (Å²) < 4.78 is 1.03. The minimum atomic E-state index is -0.584. The number of amides is 2. The van der Waals surface area contributed by atoms with Gasteiger partial charge in [0.15, 0.2) is 0 Å². The molecule has 0 radical (unpaired) electrons. The molecule has 1 saturated heterocycles. The van der Waals surface area contributed by atoms with Crippen molar-refractivity contribution in [1.82, 2.24) is 10.2 Å². The number of rotatable bonds is 5. The molecule has 182 valence electrons. The number of hydrogen-bond acceptors (Lipinski definition) is 4. The van der Waals surface area contributed by atoms with Crippen molar-refractivity contribution in [2.75, 3.05) is 0 Å². The SMILES string of the molecule is C[C@@H]1CCC[C@@H]2c3cc(-c4ccccc4)ccc3C[C@H](NC(=O)[C@@H](S)Cc3ccc(Br)s3)C(=O)N12. The number of carbonyl (C=O) groups excluding carboxylic acids is 2. The van der Waals surface area contributed by atoms with Gasteiger partial charge in [0.25, 0.3) is 0 Å². The van der Waals surface area contributed by atoms with Gasteiger partial charge in [-0.2, -0.15) is 12.6 Å². The van der Waals surface area contributed by atoms with Crippen LogP contribution in [0.5, 0.6) is 0 Å². The summed E-state index contributed by atoms with van der Waals surface area (Å²) in [5, 5.41) is 2.55. The molecule has 3 aromatic rings. The van der Waals surface area contributed by atoms with Crippen molar-refractivity contribution in [3.63, 3.8) is 0 Å². The molecule has 0 bridgehead atoms. The molecule has 2 aliphatic heterocycles. The van der Waals surface area contributed by atoms with Gasteiger partial charge in [0.05, 0.1) is 15.1 Å². The molecule has 0 saturated carbocycles. The summed E-state index contributed by atoms with van der Waals surface area (Å²) in [7, 11) is 0. The molecule has 2 aromatic carbocycles. The standard InChI is InChI=1S/C28H29BrN2O2S2/c1-17-6-5-9-24-22-14-19(18-7-3-2-4-8-18)10-11-20(22)15-23(28(33)31(17)24)30-27(32)25(34)16-21-12-13-26(29)35-21/h2-4,7-8,10-14,17,23-25,34H,5-6,9,15-16H2,1H3,(H,30,32)/t17-,23+,24-,25+/m1/s1. The van der Waals surface area contributed by atoms with Crippen LogP contribution in [-0.2, 0) is 22.4 Å². The molecular weight excluding hydrogens is 540 g/mol. The molecule has 0 spiro atoms. The van der Waals surface area contributed by atoms with Crippen LogP contribution in [-0.4, -0.2) is 34.0 Å². The Morgan fingerprint density at radius 2 is 1.94 bits per heavy atom. The van der Waals surface area contributed by atoms with Gasteiger partial charge in [-0.05, 0) is 82.6 Å². The van der Waals surface area contributed by atoms with Crippen LogP contribution in [0.3, 0.4) is 0 Å². The summed E-state index contributed by atoms with van der Waals surface area (Å²) in [4.78, 5) is 30.0. The first-order valence-corrected chi connectivity index (χ1v) is 14.3. The van der Waals surface area contributed by atoms with Gasteiger partial charge in [-0.3, -0.25) is 9.59 Å². The third-order valence-electron chi connectivity index (χ3n) is 7.14. The predicted molar refractivity (Wildman–Crippen MR) is 149 cm³/mol. The zero-order valence-corrected chi connectivity index (χ0v) is 22.9. The van der Waals surface area contributed by atoms with Crippen molar-refractivity contribution in [1.29, 1.82) is 0 Å². The zero-order chi connectivity index (χ0) is 24.5. The van der Waals surface area contributed by atoms with E-state index in [4.69, 9.17) is 0 Å².